The first-order valence-electron chi connectivity index (χ1n) is 17.8. The number of aromatic nitrogens is 2. The molecule has 3 aromatic rings. The third-order valence-electron chi connectivity index (χ3n) is 8.58. The van der Waals surface area contributed by atoms with Crippen LogP contribution in [0.4, 0.5) is 28.4 Å². The van der Waals surface area contributed by atoms with Crippen molar-refractivity contribution in [3.63, 3.8) is 0 Å². The third kappa shape index (κ3) is 12.5. The van der Waals surface area contributed by atoms with Gasteiger partial charge in [0.15, 0.2) is 14.0 Å². The van der Waals surface area contributed by atoms with E-state index >= 15 is 0 Å². The number of rotatable bonds is 16. The molecule has 1 aromatic heterocycles. The molecule has 1 amide bonds. The Balaban J connectivity index is 2.05. The molecule has 0 aliphatic carbocycles. The molecule has 1 heterocycles. The first-order chi connectivity index (χ1) is 25.8. The van der Waals surface area contributed by atoms with E-state index in [9.17, 15) is 41.4 Å². The Labute approximate surface area is 332 Å². The van der Waals surface area contributed by atoms with Gasteiger partial charge in [-0.25, -0.2) is 9.59 Å². The lowest BCUT2D eigenvalue weighted by atomic mass is 10.1. The standard InChI is InChI=1S/C36H50ClF3N4O10SSi/c1-10-56(11-2,12-3)54-29(23-13-16-26(37)28(19-23)43(55(49)50)22-30(45)52-34(4,5)6)21-42(33(48)53-35(7,8)9)17-18-51-24-14-15-25-27(20-24)44(32(46)47)41-31(25)36(38,39)40/h13-16,19-20,29H,10-12,17-18,21-22H2,1-9H3,(H,46,47)(H,49,50)/p-1. The second kappa shape index (κ2) is 18.6. The van der Waals surface area contributed by atoms with Crippen LogP contribution in [0.25, 0.3) is 10.9 Å². The van der Waals surface area contributed by atoms with Gasteiger partial charge < -0.3 is 33.2 Å². The SMILES string of the molecule is CC[Si](CC)(CC)OC(CN(CCOc1ccc2c(C(F)(F)F)nn(C(=O)O)c2c1)C(=O)OC(C)(C)C)c1ccc(Cl)c(N(CC(=O)OC(C)(C)C)S(=O)[O-])c1. The molecular formula is C36H49ClF3N4O10SSi-. The Morgan fingerprint density at radius 2 is 1.59 bits per heavy atom. The smallest absolute Gasteiger partial charge is 0.435 e. The molecule has 20 heteroatoms. The molecule has 56 heavy (non-hydrogen) atoms. The van der Waals surface area contributed by atoms with Crippen LogP contribution in [0.5, 0.6) is 5.75 Å². The number of esters is 1. The van der Waals surface area contributed by atoms with Gasteiger partial charge in [-0.1, -0.05) is 38.4 Å². The van der Waals surface area contributed by atoms with Crippen molar-refractivity contribution in [3.05, 3.63) is 52.7 Å². The fraction of sp³-hybridized carbons (Fsp3) is 0.556. The lowest BCUT2D eigenvalue weighted by Crippen LogP contribution is -2.45. The molecule has 0 spiro atoms. The van der Waals surface area contributed by atoms with Crippen molar-refractivity contribution in [1.29, 1.82) is 0 Å². The maximum absolute atomic E-state index is 13.7. The summed E-state index contributed by atoms with van der Waals surface area (Å²) in [6.07, 6.45) is -8.25. The molecule has 14 nitrogen and oxygen atoms in total. The number of hydrogen-bond acceptors (Lipinski definition) is 10. The first kappa shape index (κ1) is 46.5. The van der Waals surface area contributed by atoms with Crippen LogP contribution in [-0.4, -0.2) is 92.5 Å². The number of benzene rings is 2. The molecule has 2 unspecified atom stereocenters. The number of fused-ring (bicyclic) bond motifs is 1. The van der Waals surface area contributed by atoms with E-state index in [4.69, 9.17) is 30.2 Å². The predicted molar refractivity (Wildman–Crippen MR) is 206 cm³/mol. The van der Waals surface area contributed by atoms with E-state index in [1.807, 2.05) is 20.8 Å². The quantitative estimate of drug-likeness (QED) is 0.0831. The normalized spacial score (nSPS) is 13.6. The van der Waals surface area contributed by atoms with E-state index in [0.29, 0.717) is 23.7 Å². The van der Waals surface area contributed by atoms with Crippen LogP contribution in [0.15, 0.2) is 36.4 Å². The number of nitrogens with zero attached hydrogens (tertiary/aromatic N) is 4. The highest BCUT2D eigenvalue weighted by Crippen LogP contribution is 2.37. The molecule has 0 aliphatic rings. The number of hydrogen-bond donors (Lipinski definition) is 1. The molecule has 0 saturated carbocycles. The molecule has 0 bridgehead atoms. The van der Waals surface area contributed by atoms with Crippen LogP contribution < -0.4 is 9.04 Å². The molecule has 0 saturated heterocycles. The summed E-state index contributed by atoms with van der Waals surface area (Å²) in [5, 5.41) is 12.3. The highest BCUT2D eigenvalue weighted by atomic mass is 35.5. The largest absolute Gasteiger partial charge is 0.755 e. The molecule has 1 N–H and O–H groups in total. The van der Waals surface area contributed by atoms with Crippen LogP contribution in [0.1, 0.15) is 79.7 Å². The summed E-state index contributed by atoms with van der Waals surface area (Å²) >= 11 is 3.56. The average Bonchev–Trinajstić information content (AvgIpc) is 3.47. The van der Waals surface area contributed by atoms with Gasteiger partial charge in [-0.3, -0.25) is 13.3 Å². The second-order valence-electron chi connectivity index (χ2n) is 14.9. The van der Waals surface area contributed by atoms with Crippen molar-refractivity contribution < 1.29 is 60.1 Å². The van der Waals surface area contributed by atoms with Gasteiger partial charge in [-0.05, 0) is 89.5 Å². The Morgan fingerprint density at radius 3 is 2.11 bits per heavy atom. The van der Waals surface area contributed by atoms with Gasteiger partial charge in [0.05, 0.1) is 35.4 Å². The van der Waals surface area contributed by atoms with Crippen LogP contribution >= 0.6 is 11.6 Å². The monoisotopic (exact) mass is 849 g/mol. The zero-order valence-electron chi connectivity index (χ0n) is 32.8. The maximum atomic E-state index is 13.7. The Bertz CT molecular complexity index is 1890. The Morgan fingerprint density at radius 1 is 0.982 bits per heavy atom. The number of amides is 1. The minimum atomic E-state index is -4.91. The van der Waals surface area contributed by atoms with Gasteiger partial charge in [0.1, 0.15) is 30.1 Å². The van der Waals surface area contributed by atoms with E-state index in [2.05, 4.69) is 5.10 Å². The highest BCUT2D eigenvalue weighted by molar-refractivity contribution is 7.80. The number of ether oxygens (including phenoxy) is 3. The van der Waals surface area contributed by atoms with Crippen LogP contribution in [0.2, 0.25) is 23.2 Å². The Hall–Kier alpha value is -3.91. The van der Waals surface area contributed by atoms with E-state index < -0.39 is 78.8 Å². The number of halogens is 4. The minimum Gasteiger partial charge on any atom is -0.755 e. The van der Waals surface area contributed by atoms with E-state index in [1.54, 1.807) is 47.6 Å². The third-order valence-corrected chi connectivity index (χ3v) is 14.2. The summed E-state index contributed by atoms with van der Waals surface area (Å²) in [4.78, 5) is 39.5. The van der Waals surface area contributed by atoms with Crippen molar-refractivity contribution in [1.82, 2.24) is 14.7 Å². The summed E-state index contributed by atoms with van der Waals surface area (Å²) in [5.74, 6) is -0.799. The average molecular weight is 850 g/mol. The molecular weight excluding hydrogens is 801 g/mol. The number of carboxylic acid groups (broad SMARTS) is 1. The summed E-state index contributed by atoms with van der Waals surface area (Å²) in [5.41, 5.74) is -3.10. The van der Waals surface area contributed by atoms with Gasteiger partial charge in [0, 0.05) is 22.7 Å². The second-order valence-corrected chi connectivity index (χ2v) is 20.9. The first-order valence-corrected chi connectivity index (χ1v) is 21.8. The maximum Gasteiger partial charge on any atom is 0.435 e. The van der Waals surface area contributed by atoms with Crippen LogP contribution in [0.3, 0.4) is 0 Å². The highest BCUT2D eigenvalue weighted by Gasteiger charge is 2.38. The fourth-order valence-corrected chi connectivity index (χ4v) is 9.35. The number of alkyl halides is 3. The molecule has 2 atom stereocenters. The lowest BCUT2D eigenvalue weighted by Gasteiger charge is -2.37. The molecule has 0 aliphatic heterocycles. The van der Waals surface area contributed by atoms with E-state index in [1.165, 1.54) is 23.1 Å². The number of anilines is 1. The van der Waals surface area contributed by atoms with Crippen molar-refractivity contribution >= 4 is 65.9 Å². The topological polar surface area (TPSA) is 173 Å². The summed E-state index contributed by atoms with van der Waals surface area (Å²) in [7, 11) is -2.47. The van der Waals surface area contributed by atoms with Gasteiger partial charge >= 0.3 is 24.3 Å². The Kier molecular flexibility index (Phi) is 15.4. The zero-order chi connectivity index (χ0) is 42.4. The molecule has 3 rings (SSSR count). The van der Waals surface area contributed by atoms with Crippen molar-refractivity contribution in [2.75, 3.05) is 30.5 Å². The summed E-state index contributed by atoms with van der Waals surface area (Å²) in [6.45, 7) is 14.9. The van der Waals surface area contributed by atoms with Gasteiger partial charge in [-0.2, -0.15) is 23.0 Å². The van der Waals surface area contributed by atoms with Crippen LogP contribution in [-0.2, 0) is 36.1 Å². The number of carbonyl (C=O) groups is 3. The fourth-order valence-electron chi connectivity index (χ4n) is 5.74. The van der Waals surface area contributed by atoms with Gasteiger partial charge in [0.25, 0.3) is 0 Å². The van der Waals surface area contributed by atoms with Crippen molar-refractivity contribution in [2.24, 2.45) is 0 Å². The summed E-state index contributed by atoms with van der Waals surface area (Å²) in [6, 6.07) is 10.1. The van der Waals surface area contributed by atoms with Crippen molar-refractivity contribution in [2.45, 2.75) is 104 Å². The minimum absolute atomic E-state index is 0.0120. The zero-order valence-corrected chi connectivity index (χ0v) is 35.4. The molecule has 312 valence electrons. The molecule has 2 aromatic carbocycles. The van der Waals surface area contributed by atoms with Gasteiger partial charge in [0.2, 0.25) is 0 Å². The van der Waals surface area contributed by atoms with E-state index in [0.717, 1.165) is 16.4 Å². The van der Waals surface area contributed by atoms with Crippen LogP contribution in [0, 0.1) is 0 Å². The molecule has 0 radical (unpaired) electrons. The van der Waals surface area contributed by atoms with Crippen molar-refractivity contribution in [3.8, 4) is 5.75 Å². The van der Waals surface area contributed by atoms with E-state index in [-0.39, 0.29) is 46.4 Å². The predicted octanol–water partition coefficient (Wildman–Crippen LogP) is 8.56. The number of carbonyl (C=O) groups excluding carboxylic acids is 2. The summed E-state index contributed by atoms with van der Waals surface area (Å²) < 4.78 is 90.5. The van der Waals surface area contributed by atoms with Gasteiger partial charge in [-0.15, -0.1) is 0 Å². The molecule has 0 fully saturated rings. The lowest BCUT2D eigenvalue weighted by molar-refractivity contribution is -0.152.